The van der Waals surface area contributed by atoms with Gasteiger partial charge in [0.15, 0.2) is 0 Å². The summed E-state index contributed by atoms with van der Waals surface area (Å²) in [6, 6.07) is 12.1. The summed E-state index contributed by atoms with van der Waals surface area (Å²) in [5.74, 6) is -5.61. The molecular weight excluding hydrogens is 304 g/mol. The van der Waals surface area contributed by atoms with E-state index in [1.807, 2.05) is 0 Å². The molecule has 0 spiro atoms. The molecule has 1 unspecified atom stereocenters. The van der Waals surface area contributed by atoms with Gasteiger partial charge in [0.05, 0.1) is 12.3 Å². The van der Waals surface area contributed by atoms with Gasteiger partial charge >= 0.3 is 11.9 Å². The number of aromatic hydroxyl groups is 1. The summed E-state index contributed by atoms with van der Waals surface area (Å²) in [7, 11) is 0. The van der Waals surface area contributed by atoms with Crippen LogP contribution in [0.25, 0.3) is 0 Å². The van der Waals surface area contributed by atoms with Crippen LogP contribution in [0.4, 0.5) is 14.5 Å². The van der Waals surface area contributed by atoms with E-state index in [0.29, 0.717) is 0 Å². The third-order valence-electron chi connectivity index (χ3n) is 3.25. The second-order valence-electron chi connectivity index (χ2n) is 4.85. The number of esters is 1. The molecule has 4 nitrogen and oxygen atoms in total. The van der Waals surface area contributed by atoms with Gasteiger partial charge in [0.2, 0.25) is 0 Å². The lowest BCUT2D eigenvalue weighted by atomic mass is 10.00. The normalized spacial score (nSPS) is 12.5. The smallest absolute Gasteiger partial charge is 0.379 e. The number of phenols is 1. The van der Waals surface area contributed by atoms with Crippen LogP contribution in [0.15, 0.2) is 54.6 Å². The third-order valence-corrected chi connectivity index (χ3v) is 3.25. The van der Waals surface area contributed by atoms with Gasteiger partial charge in [-0.05, 0) is 24.6 Å². The standard InChI is InChI=1S/C17H17F2NO3/c1-2-23-16(22)17(18,19)15(12-8-4-3-5-9-12)20-13-10-6-7-11-14(13)21/h3-11,15,20-21H,2H2,1H3. The maximum absolute atomic E-state index is 14.6. The number of rotatable bonds is 6. The monoisotopic (exact) mass is 321 g/mol. The highest BCUT2D eigenvalue weighted by Crippen LogP contribution is 2.37. The molecule has 0 bridgehead atoms. The van der Waals surface area contributed by atoms with Gasteiger partial charge in [-0.15, -0.1) is 0 Å². The van der Waals surface area contributed by atoms with Crippen LogP contribution >= 0.6 is 0 Å². The molecule has 2 aromatic carbocycles. The minimum Gasteiger partial charge on any atom is -0.506 e. The summed E-state index contributed by atoms with van der Waals surface area (Å²) in [5.41, 5.74) is 0.305. The number of carbonyl (C=O) groups is 1. The Kier molecular flexibility index (Phi) is 5.16. The van der Waals surface area contributed by atoms with Crippen molar-refractivity contribution in [3.63, 3.8) is 0 Å². The highest BCUT2D eigenvalue weighted by atomic mass is 19.3. The maximum Gasteiger partial charge on any atom is 0.379 e. The Morgan fingerprint density at radius 3 is 2.39 bits per heavy atom. The van der Waals surface area contributed by atoms with Gasteiger partial charge in [-0.1, -0.05) is 42.5 Å². The maximum atomic E-state index is 14.6. The number of carbonyl (C=O) groups excluding carboxylic acids is 1. The number of ether oxygens (including phenoxy) is 1. The van der Waals surface area contributed by atoms with Crippen molar-refractivity contribution in [1.29, 1.82) is 0 Å². The largest absolute Gasteiger partial charge is 0.506 e. The fourth-order valence-electron chi connectivity index (χ4n) is 2.13. The van der Waals surface area contributed by atoms with E-state index in [4.69, 9.17) is 0 Å². The molecule has 1 atom stereocenters. The molecule has 2 rings (SSSR count). The SMILES string of the molecule is CCOC(=O)C(F)(F)C(Nc1ccccc1O)c1ccccc1. The zero-order chi connectivity index (χ0) is 16.9. The molecule has 23 heavy (non-hydrogen) atoms. The van der Waals surface area contributed by atoms with Crippen molar-refractivity contribution in [2.45, 2.75) is 18.9 Å². The van der Waals surface area contributed by atoms with E-state index >= 15 is 0 Å². The minimum absolute atomic E-state index is 0.102. The third kappa shape index (κ3) is 3.77. The first-order valence-electron chi connectivity index (χ1n) is 7.11. The Balaban J connectivity index is 2.40. The Labute approximate surface area is 132 Å². The highest BCUT2D eigenvalue weighted by molar-refractivity contribution is 5.80. The van der Waals surface area contributed by atoms with Crippen LogP contribution < -0.4 is 5.32 Å². The second-order valence-corrected chi connectivity index (χ2v) is 4.85. The first kappa shape index (κ1) is 16.7. The first-order valence-corrected chi connectivity index (χ1v) is 7.11. The molecule has 0 heterocycles. The number of nitrogens with one attached hydrogen (secondary N) is 1. The van der Waals surface area contributed by atoms with Crippen molar-refractivity contribution in [3.8, 4) is 5.75 Å². The van der Waals surface area contributed by atoms with E-state index in [9.17, 15) is 18.7 Å². The molecular formula is C17H17F2NO3. The second kappa shape index (κ2) is 7.09. The molecule has 0 saturated heterocycles. The molecule has 122 valence electrons. The van der Waals surface area contributed by atoms with Crippen molar-refractivity contribution < 1.29 is 23.4 Å². The molecule has 0 aromatic heterocycles. The van der Waals surface area contributed by atoms with Crippen LogP contribution in [-0.4, -0.2) is 23.6 Å². The van der Waals surface area contributed by atoms with Gasteiger partial charge in [-0.2, -0.15) is 8.78 Å². The predicted octanol–water partition coefficient (Wildman–Crippen LogP) is 3.74. The summed E-state index contributed by atoms with van der Waals surface area (Å²) >= 11 is 0. The van der Waals surface area contributed by atoms with Gasteiger partial charge < -0.3 is 15.2 Å². The van der Waals surface area contributed by atoms with E-state index in [1.54, 1.807) is 30.3 Å². The van der Waals surface area contributed by atoms with Crippen LogP contribution in [0.2, 0.25) is 0 Å². The number of phenolic OH excluding ortho intramolecular Hbond substituents is 1. The molecule has 0 aliphatic rings. The molecule has 6 heteroatoms. The van der Waals surface area contributed by atoms with E-state index < -0.39 is 17.9 Å². The zero-order valence-electron chi connectivity index (χ0n) is 12.5. The van der Waals surface area contributed by atoms with Crippen molar-refractivity contribution in [2.75, 3.05) is 11.9 Å². The number of benzene rings is 2. The van der Waals surface area contributed by atoms with E-state index in [1.165, 1.54) is 31.2 Å². The molecule has 0 saturated carbocycles. The summed E-state index contributed by atoms with van der Waals surface area (Å²) in [6.07, 6.45) is 0. The van der Waals surface area contributed by atoms with Crippen molar-refractivity contribution in [3.05, 3.63) is 60.2 Å². The summed E-state index contributed by atoms with van der Waals surface area (Å²) in [4.78, 5) is 11.7. The number of hydrogen-bond acceptors (Lipinski definition) is 4. The average molecular weight is 321 g/mol. The van der Waals surface area contributed by atoms with Crippen LogP contribution in [0.5, 0.6) is 5.75 Å². The lowest BCUT2D eigenvalue weighted by molar-refractivity contribution is -0.173. The first-order chi connectivity index (χ1) is 11.0. The van der Waals surface area contributed by atoms with Crippen molar-refractivity contribution in [2.24, 2.45) is 0 Å². The predicted molar refractivity (Wildman–Crippen MR) is 82.5 cm³/mol. The Bertz CT molecular complexity index is 662. The van der Waals surface area contributed by atoms with E-state index in [0.717, 1.165) is 0 Å². The quantitative estimate of drug-likeness (QED) is 0.628. The number of halogens is 2. The van der Waals surface area contributed by atoms with Gasteiger partial charge in [-0.25, -0.2) is 4.79 Å². The zero-order valence-corrected chi connectivity index (χ0v) is 12.5. The summed E-state index contributed by atoms with van der Waals surface area (Å²) in [5, 5.41) is 12.3. The summed E-state index contributed by atoms with van der Waals surface area (Å²) < 4.78 is 33.6. The number of anilines is 1. The van der Waals surface area contributed by atoms with Crippen LogP contribution in [0, 0.1) is 0 Å². The fourth-order valence-corrected chi connectivity index (χ4v) is 2.13. The molecule has 0 radical (unpaired) electrons. The van der Waals surface area contributed by atoms with Gasteiger partial charge in [0, 0.05) is 0 Å². The topological polar surface area (TPSA) is 58.6 Å². The number of para-hydroxylation sites is 2. The Morgan fingerprint density at radius 2 is 1.78 bits per heavy atom. The van der Waals surface area contributed by atoms with Gasteiger partial charge in [-0.3, -0.25) is 0 Å². The lowest BCUT2D eigenvalue weighted by Crippen LogP contribution is -2.41. The van der Waals surface area contributed by atoms with Crippen LogP contribution in [0.1, 0.15) is 18.5 Å². The minimum atomic E-state index is -3.81. The lowest BCUT2D eigenvalue weighted by Gasteiger charge is -2.27. The van der Waals surface area contributed by atoms with E-state index in [2.05, 4.69) is 10.1 Å². The van der Waals surface area contributed by atoms with Gasteiger partial charge in [0.1, 0.15) is 11.8 Å². The summed E-state index contributed by atoms with van der Waals surface area (Å²) in [6.45, 7) is 1.31. The average Bonchev–Trinajstić information content (AvgIpc) is 2.55. The molecule has 0 fully saturated rings. The van der Waals surface area contributed by atoms with Crippen LogP contribution in [0.3, 0.4) is 0 Å². The molecule has 0 amide bonds. The Hall–Kier alpha value is -2.63. The molecule has 2 N–H and O–H groups in total. The van der Waals surface area contributed by atoms with Crippen molar-refractivity contribution >= 4 is 11.7 Å². The van der Waals surface area contributed by atoms with Crippen LogP contribution in [-0.2, 0) is 9.53 Å². The Morgan fingerprint density at radius 1 is 1.17 bits per heavy atom. The number of hydrogen-bond donors (Lipinski definition) is 2. The van der Waals surface area contributed by atoms with Gasteiger partial charge in [0.25, 0.3) is 0 Å². The van der Waals surface area contributed by atoms with Crippen molar-refractivity contribution in [1.82, 2.24) is 0 Å². The molecule has 2 aromatic rings. The number of alkyl halides is 2. The molecule has 0 aliphatic heterocycles. The van der Waals surface area contributed by atoms with E-state index in [-0.39, 0.29) is 23.6 Å². The fraction of sp³-hybridized carbons (Fsp3) is 0.235. The highest BCUT2D eigenvalue weighted by Gasteiger charge is 2.50. The molecule has 0 aliphatic carbocycles.